The highest BCUT2D eigenvalue weighted by Gasteiger charge is 2.38. The van der Waals surface area contributed by atoms with Gasteiger partial charge in [-0.3, -0.25) is 9.59 Å². The Bertz CT molecular complexity index is 1120. The Labute approximate surface area is 201 Å². The number of aryl methyl sites for hydroxylation is 1. The number of benzene rings is 1. The fourth-order valence-corrected chi connectivity index (χ4v) is 3.63. The molecule has 1 aliphatic heterocycles. The number of rotatable bonds is 3. The third-order valence-corrected chi connectivity index (χ3v) is 5.92. The highest BCUT2D eigenvalue weighted by Crippen LogP contribution is 2.37. The maximum absolute atomic E-state index is 12.6. The number of aromatic hydroxyl groups is 1. The van der Waals surface area contributed by atoms with Crippen molar-refractivity contribution in [2.45, 2.75) is 25.1 Å². The number of carboxylic acid groups (broad SMARTS) is 1. The summed E-state index contributed by atoms with van der Waals surface area (Å²) in [5.74, 6) is -2.86. The molecular weight excluding hydrogens is 504 g/mol. The van der Waals surface area contributed by atoms with Gasteiger partial charge in [-0.15, -0.1) is 0 Å². The van der Waals surface area contributed by atoms with Crippen LogP contribution in [0.3, 0.4) is 0 Å². The molecule has 2 heterocycles. The van der Waals surface area contributed by atoms with Crippen molar-refractivity contribution in [1.29, 1.82) is 0 Å². The molecule has 1 aromatic carbocycles. The third kappa shape index (κ3) is 6.84. The number of alkyl halides is 3. The molecule has 1 aliphatic rings. The normalized spacial score (nSPS) is 15.3. The highest BCUT2D eigenvalue weighted by atomic mass is 35.5. The zero-order valence-electron chi connectivity index (χ0n) is 17.7. The van der Waals surface area contributed by atoms with Crippen LogP contribution in [0.4, 0.5) is 13.2 Å². The Morgan fingerprint density at radius 3 is 2.24 bits per heavy atom. The monoisotopic (exact) mass is 524 g/mol. The number of nitrogens with zero attached hydrogens (tertiary/aromatic N) is 3. The number of hydrogen-bond donors (Lipinski definition) is 3. The summed E-state index contributed by atoms with van der Waals surface area (Å²) in [6.45, 7) is 1.04. The van der Waals surface area contributed by atoms with Gasteiger partial charge in [0.1, 0.15) is 11.4 Å². The smallest absolute Gasteiger partial charge is 0.490 e. The second kappa shape index (κ2) is 11.1. The number of carboxylic acids is 1. The van der Waals surface area contributed by atoms with E-state index in [4.69, 9.17) is 38.8 Å². The Balaban J connectivity index is 0.000000509. The summed E-state index contributed by atoms with van der Waals surface area (Å²) >= 11 is 11.9. The zero-order chi connectivity index (χ0) is 25.8. The maximum atomic E-state index is 12.6. The average molecular weight is 525 g/mol. The minimum absolute atomic E-state index is 0.0183. The molecule has 34 heavy (non-hydrogen) atoms. The van der Waals surface area contributed by atoms with E-state index < -0.39 is 18.2 Å². The summed E-state index contributed by atoms with van der Waals surface area (Å²) in [5, 5.41) is 17.9. The van der Waals surface area contributed by atoms with Crippen molar-refractivity contribution in [2.24, 2.45) is 18.7 Å². The van der Waals surface area contributed by atoms with Crippen LogP contribution in [0.25, 0.3) is 0 Å². The van der Waals surface area contributed by atoms with E-state index in [1.165, 1.54) is 16.8 Å². The van der Waals surface area contributed by atoms with Gasteiger partial charge >= 0.3 is 12.1 Å². The predicted octanol–water partition coefficient (Wildman–Crippen LogP) is 2.98. The van der Waals surface area contributed by atoms with Gasteiger partial charge < -0.3 is 25.4 Å². The molecule has 2 aromatic rings. The van der Waals surface area contributed by atoms with E-state index in [-0.39, 0.29) is 33.9 Å². The maximum Gasteiger partial charge on any atom is 0.490 e. The van der Waals surface area contributed by atoms with Gasteiger partial charge in [-0.05, 0) is 24.8 Å². The molecule has 0 radical (unpaired) electrons. The van der Waals surface area contributed by atoms with Gasteiger partial charge in [-0.2, -0.15) is 13.2 Å². The van der Waals surface area contributed by atoms with Crippen LogP contribution in [0.15, 0.2) is 29.3 Å². The molecule has 0 spiro atoms. The summed E-state index contributed by atoms with van der Waals surface area (Å²) in [4.78, 5) is 38.5. The molecule has 1 amide bonds. The molecule has 1 fully saturated rings. The number of likely N-dealkylation sites (tertiary alicyclic amines) is 1. The van der Waals surface area contributed by atoms with Crippen molar-refractivity contribution >= 4 is 35.1 Å². The number of amides is 1. The largest absolute Gasteiger partial charge is 0.508 e. The molecule has 1 aromatic heterocycles. The van der Waals surface area contributed by atoms with Gasteiger partial charge in [-0.1, -0.05) is 23.2 Å². The number of carbonyl (C=O) groups is 2. The molecule has 9 nitrogen and oxygen atoms in total. The van der Waals surface area contributed by atoms with Gasteiger partial charge in [-0.25, -0.2) is 9.78 Å². The topological polar surface area (TPSA) is 139 Å². The molecule has 0 bridgehead atoms. The van der Waals surface area contributed by atoms with E-state index in [2.05, 4.69) is 4.98 Å². The van der Waals surface area contributed by atoms with E-state index >= 15 is 0 Å². The Hall–Kier alpha value is -2.83. The zero-order valence-corrected chi connectivity index (χ0v) is 19.2. The van der Waals surface area contributed by atoms with Gasteiger partial charge in [0.25, 0.3) is 11.5 Å². The van der Waals surface area contributed by atoms with E-state index in [1.54, 1.807) is 18.0 Å². The fraction of sp³-hybridized carbons (Fsp3) is 0.400. The Morgan fingerprint density at radius 2 is 1.74 bits per heavy atom. The van der Waals surface area contributed by atoms with Gasteiger partial charge in [0.2, 0.25) is 0 Å². The van der Waals surface area contributed by atoms with Crippen LogP contribution in [0.2, 0.25) is 10.0 Å². The van der Waals surface area contributed by atoms with Crippen LogP contribution < -0.4 is 11.3 Å². The summed E-state index contributed by atoms with van der Waals surface area (Å²) in [7, 11) is 1.58. The SMILES string of the molecule is Cn1cc(C(=O)N2CCC([C@@H](N)c3cc(Cl)c(Cl)cc3O)CC2)ncc1=O.O=C(O)C(F)(F)F. The van der Waals surface area contributed by atoms with Crippen molar-refractivity contribution in [2.75, 3.05) is 13.1 Å². The summed E-state index contributed by atoms with van der Waals surface area (Å²) in [6, 6.07) is 2.58. The van der Waals surface area contributed by atoms with E-state index in [0.29, 0.717) is 36.5 Å². The first kappa shape index (κ1) is 27.4. The number of piperidine rings is 1. The molecule has 0 saturated carbocycles. The number of nitrogens with two attached hydrogens (primary N) is 1. The number of carbonyl (C=O) groups excluding carboxylic acids is 1. The Morgan fingerprint density at radius 1 is 1.21 bits per heavy atom. The molecule has 1 saturated heterocycles. The first-order valence-corrected chi connectivity index (χ1v) is 10.5. The molecule has 4 N–H and O–H groups in total. The number of phenols is 1. The molecule has 1 atom stereocenters. The van der Waals surface area contributed by atoms with Gasteiger partial charge in [0.05, 0.1) is 16.2 Å². The quantitative estimate of drug-likeness (QED) is 0.560. The number of aliphatic carboxylic acids is 1. The molecule has 186 valence electrons. The lowest BCUT2D eigenvalue weighted by Crippen LogP contribution is -2.41. The van der Waals surface area contributed by atoms with Crippen LogP contribution in [-0.4, -0.2) is 55.8 Å². The second-order valence-corrected chi connectivity index (χ2v) is 8.32. The number of phenolic OH excluding ortho intramolecular Hbond substituents is 1. The van der Waals surface area contributed by atoms with Crippen molar-refractivity contribution < 1.29 is 33.0 Å². The second-order valence-electron chi connectivity index (χ2n) is 7.51. The number of halogens is 5. The molecule has 3 rings (SSSR count). The van der Waals surface area contributed by atoms with Crippen LogP contribution in [0, 0.1) is 5.92 Å². The van der Waals surface area contributed by atoms with Crippen molar-refractivity contribution in [3.8, 4) is 5.75 Å². The van der Waals surface area contributed by atoms with Gasteiger partial charge in [0.15, 0.2) is 0 Å². The van der Waals surface area contributed by atoms with E-state index in [0.717, 1.165) is 6.20 Å². The number of hydrogen-bond acceptors (Lipinski definition) is 6. The summed E-state index contributed by atoms with van der Waals surface area (Å²) < 4.78 is 33.1. The first-order chi connectivity index (χ1) is 15.7. The number of aromatic nitrogens is 2. The van der Waals surface area contributed by atoms with Crippen LogP contribution in [0.1, 0.15) is 34.9 Å². The van der Waals surface area contributed by atoms with Gasteiger partial charge in [0, 0.05) is 44.0 Å². The summed E-state index contributed by atoms with van der Waals surface area (Å²) in [5.41, 5.74) is 6.86. The minimum atomic E-state index is -5.08. The van der Waals surface area contributed by atoms with E-state index in [9.17, 15) is 27.9 Å². The lowest BCUT2D eigenvalue weighted by atomic mass is 9.85. The van der Waals surface area contributed by atoms with Crippen molar-refractivity contribution in [3.63, 3.8) is 0 Å². The van der Waals surface area contributed by atoms with Crippen molar-refractivity contribution in [3.05, 3.63) is 56.2 Å². The molecule has 14 heteroatoms. The highest BCUT2D eigenvalue weighted by molar-refractivity contribution is 6.42. The fourth-order valence-electron chi connectivity index (χ4n) is 3.30. The molecule has 0 aliphatic carbocycles. The Kier molecular flexibility index (Phi) is 8.92. The van der Waals surface area contributed by atoms with Crippen molar-refractivity contribution in [1.82, 2.24) is 14.5 Å². The first-order valence-electron chi connectivity index (χ1n) is 9.78. The minimum Gasteiger partial charge on any atom is -0.508 e. The average Bonchev–Trinajstić information content (AvgIpc) is 2.77. The van der Waals surface area contributed by atoms with Crippen LogP contribution in [-0.2, 0) is 11.8 Å². The third-order valence-electron chi connectivity index (χ3n) is 5.20. The lowest BCUT2D eigenvalue weighted by Gasteiger charge is -2.35. The molecular formula is C20H21Cl2F3N4O5. The predicted molar refractivity (Wildman–Crippen MR) is 117 cm³/mol. The summed E-state index contributed by atoms with van der Waals surface area (Å²) in [6.07, 6.45) is -1.14. The van der Waals surface area contributed by atoms with E-state index in [1.807, 2.05) is 0 Å². The van der Waals surface area contributed by atoms with Crippen LogP contribution in [0.5, 0.6) is 5.75 Å². The molecule has 0 unspecified atom stereocenters. The lowest BCUT2D eigenvalue weighted by molar-refractivity contribution is -0.192. The standard InChI is InChI=1S/C18H20Cl2N4O3.C2HF3O2/c1-23-9-14(22-8-16(23)26)18(27)24-4-2-10(3-5-24)17(21)11-6-12(19)13(20)7-15(11)25;3-2(4,5)1(6)7/h6-10,17,25H,2-5,21H2,1H3;(H,6,7)/t17-;/m1./s1. The van der Waals surface area contributed by atoms with Crippen LogP contribution >= 0.6 is 23.2 Å².